The number of nitrogens with one attached hydrogen (secondary N) is 1. The summed E-state index contributed by atoms with van der Waals surface area (Å²) in [6.45, 7) is 1.32. The van der Waals surface area contributed by atoms with Crippen LogP contribution < -0.4 is 5.32 Å². The molecule has 0 bridgehead atoms. The van der Waals surface area contributed by atoms with Gasteiger partial charge < -0.3 is 15.2 Å². The summed E-state index contributed by atoms with van der Waals surface area (Å²) in [7, 11) is 0. The van der Waals surface area contributed by atoms with E-state index in [1.165, 1.54) is 38.3 Å². The molecule has 0 aliphatic heterocycles. The summed E-state index contributed by atoms with van der Waals surface area (Å²) in [6, 6.07) is 0. The van der Waals surface area contributed by atoms with Crippen molar-refractivity contribution in [2.24, 2.45) is 0 Å². The number of carbonyl (C=O) groups is 1. The van der Waals surface area contributed by atoms with Gasteiger partial charge in [0.2, 0.25) is 0 Å². The summed E-state index contributed by atoms with van der Waals surface area (Å²) < 4.78 is 5.76. The molecule has 0 radical (unpaired) electrons. The third-order valence-corrected chi connectivity index (χ3v) is 3.94. The fourth-order valence-electron chi connectivity index (χ4n) is 2.07. The highest BCUT2D eigenvalue weighted by molar-refractivity contribution is 7.17. The number of nitrogens with zero attached hydrogens (tertiary/aromatic N) is 1. The van der Waals surface area contributed by atoms with Gasteiger partial charge in [0.05, 0.1) is 18.9 Å². The first-order valence-electron chi connectivity index (χ1n) is 6.30. The van der Waals surface area contributed by atoms with Gasteiger partial charge in [0, 0.05) is 6.54 Å². The first-order chi connectivity index (χ1) is 8.75. The summed E-state index contributed by atoms with van der Waals surface area (Å²) in [6.07, 6.45) is 7.98. The average molecular weight is 270 g/mol. The lowest BCUT2D eigenvalue weighted by molar-refractivity contribution is 0.0347. The summed E-state index contributed by atoms with van der Waals surface area (Å²) in [4.78, 5) is 14.9. The molecular formula is C12H18N2O3S. The van der Waals surface area contributed by atoms with Crippen LogP contribution in [0.5, 0.6) is 0 Å². The van der Waals surface area contributed by atoms with Crippen molar-refractivity contribution in [3.63, 3.8) is 0 Å². The van der Waals surface area contributed by atoms with E-state index in [-0.39, 0.29) is 4.88 Å². The third kappa shape index (κ3) is 3.96. The molecule has 5 nitrogen and oxygen atoms in total. The van der Waals surface area contributed by atoms with Crippen LogP contribution in [0.15, 0.2) is 6.20 Å². The van der Waals surface area contributed by atoms with E-state index in [1.54, 1.807) is 0 Å². The maximum atomic E-state index is 10.7. The Labute approximate surface area is 110 Å². The lowest BCUT2D eigenvalue weighted by Crippen LogP contribution is -2.20. The van der Waals surface area contributed by atoms with E-state index in [4.69, 9.17) is 9.84 Å². The first kappa shape index (κ1) is 13.3. The number of aromatic carboxylic acids is 1. The third-order valence-electron chi connectivity index (χ3n) is 3.00. The molecular weight excluding hydrogens is 252 g/mol. The Balaban J connectivity index is 1.63. The van der Waals surface area contributed by atoms with Gasteiger partial charge in [-0.15, -0.1) is 0 Å². The number of carboxylic acids is 1. The predicted molar refractivity (Wildman–Crippen MR) is 70.4 cm³/mol. The highest BCUT2D eigenvalue weighted by Gasteiger charge is 2.13. The van der Waals surface area contributed by atoms with Gasteiger partial charge in [0.25, 0.3) is 0 Å². The van der Waals surface area contributed by atoms with Crippen LogP contribution in [0.3, 0.4) is 0 Å². The SMILES string of the molecule is O=C(O)c1cnc(NCCOC2CCCCC2)s1. The Hall–Kier alpha value is -1.14. The van der Waals surface area contributed by atoms with Crippen molar-refractivity contribution in [3.05, 3.63) is 11.1 Å². The van der Waals surface area contributed by atoms with Gasteiger partial charge in [0.1, 0.15) is 4.88 Å². The van der Waals surface area contributed by atoms with Crippen molar-refractivity contribution < 1.29 is 14.6 Å². The van der Waals surface area contributed by atoms with Crippen molar-refractivity contribution in [1.29, 1.82) is 0 Å². The monoisotopic (exact) mass is 270 g/mol. The maximum absolute atomic E-state index is 10.7. The van der Waals surface area contributed by atoms with E-state index < -0.39 is 5.97 Å². The molecule has 0 atom stereocenters. The van der Waals surface area contributed by atoms with E-state index in [1.807, 2.05) is 0 Å². The lowest BCUT2D eigenvalue weighted by atomic mass is 9.98. The lowest BCUT2D eigenvalue weighted by Gasteiger charge is -2.21. The number of ether oxygens (including phenoxy) is 1. The molecule has 1 aromatic rings. The number of hydrogen-bond donors (Lipinski definition) is 2. The average Bonchev–Trinajstić information content (AvgIpc) is 2.85. The minimum Gasteiger partial charge on any atom is -0.477 e. The van der Waals surface area contributed by atoms with Crippen LogP contribution in [0.1, 0.15) is 41.8 Å². The Bertz CT molecular complexity index is 388. The Morgan fingerprint density at radius 2 is 2.28 bits per heavy atom. The van der Waals surface area contributed by atoms with Crippen molar-refractivity contribution in [3.8, 4) is 0 Å². The van der Waals surface area contributed by atoms with Gasteiger partial charge >= 0.3 is 5.97 Å². The normalized spacial score (nSPS) is 16.7. The zero-order valence-electron chi connectivity index (χ0n) is 10.2. The van der Waals surface area contributed by atoms with Crippen LogP contribution in [0.2, 0.25) is 0 Å². The summed E-state index contributed by atoms with van der Waals surface area (Å²) >= 11 is 1.15. The molecule has 1 fully saturated rings. The largest absolute Gasteiger partial charge is 0.477 e. The van der Waals surface area contributed by atoms with Gasteiger partial charge in [-0.05, 0) is 12.8 Å². The molecule has 0 aromatic carbocycles. The van der Waals surface area contributed by atoms with E-state index in [9.17, 15) is 4.79 Å². The van der Waals surface area contributed by atoms with Crippen LogP contribution in [-0.2, 0) is 4.74 Å². The minimum absolute atomic E-state index is 0.255. The van der Waals surface area contributed by atoms with Crippen LogP contribution >= 0.6 is 11.3 Å². The zero-order chi connectivity index (χ0) is 12.8. The first-order valence-corrected chi connectivity index (χ1v) is 7.12. The molecule has 0 spiro atoms. The Morgan fingerprint density at radius 1 is 1.50 bits per heavy atom. The van der Waals surface area contributed by atoms with E-state index in [0.29, 0.717) is 24.4 Å². The van der Waals surface area contributed by atoms with Crippen LogP contribution in [0.25, 0.3) is 0 Å². The van der Waals surface area contributed by atoms with Crippen molar-refractivity contribution in [2.75, 3.05) is 18.5 Å². The fourth-order valence-corrected chi connectivity index (χ4v) is 2.75. The van der Waals surface area contributed by atoms with Crippen LogP contribution in [0, 0.1) is 0 Å². The summed E-state index contributed by atoms with van der Waals surface area (Å²) in [5.41, 5.74) is 0. The molecule has 6 heteroatoms. The summed E-state index contributed by atoms with van der Waals surface area (Å²) in [5, 5.41) is 12.5. The quantitative estimate of drug-likeness (QED) is 0.777. The molecule has 2 rings (SSSR count). The van der Waals surface area contributed by atoms with Gasteiger partial charge in [-0.25, -0.2) is 9.78 Å². The summed E-state index contributed by atoms with van der Waals surface area (Å²) in [5.74, 6) is -0.931. The zero-order valence-corrected chi connectivity index (χ0v) is 11.0. The van der Waals surface area contributed by atoms with E-state index in [2.05, 4.69) is 10.3 Å². The van der Waals surface area contributed by atoms with Crippen molar-refractivity contribution in [1.82, 2.24) is 4.98 Å². The second kappa shape index (κ2) is 6.70. The number of thiazole rings is 1. The maximum Gasteiger partial charge on any atom is 0.347 e. The molecule has 1 aromatic heterocycles. The van der Waals surface area contributed by atoms with Crippen molar-refractivity contribution in [2.45, 2.75) is 38.2 Å². The van der Waals surface area contributed by atoms with E-state index in [0.717, 1.165) is 11.3 Å². The number of aromatic nitrogens is 1. The van der Waals surface area contributed by atoms with Gasteiger partial charge in [-0.1, -0.05) is 30.6 Å². The van der Waals surface area contributed by atoms with Gasteiger partial charge in [-0.2, -0.15) is 0 Å². The predicted octanol–water partition coefficient (Wildman–Crippen LogP) is 2.60. The Kier molecular flexibility index (Phi) is 4.95. The fraction of sp³-hybridized carbons (Fsp3) is 0.667. The highest BCUT2D eigenvalue weighted by atomic mass is 32.1. The second-order valence-electron chi connectivity index (χ2n) is 4.39. The molecule has 1 saturated carbocycles. The van der Waals surface area contributed by atoms with Gasteiger partial charge in [-0.3, -0.25) is 0 Å². The molecule has 2 N–H and O–H groups in total. The number of anilines is 1. The molecule has 1 aliphatic rings. The molecule has 18 heavy (non-hydrogen) atoms. The molecule has 0 saturated heterocycles. The van der Waals surface area contributed by atoms with Gasteiger partial charge in [0.15, 0.2) is 5.13 Å². The molecule has 100 valence electrons. The molecule has 1 heterocycles. The molecule has 0 unspecified atom stereocenters. The molecule has 0 amide bonds. The molecule has 1 aliphatic carbocycles. The van der Waals surface area contributed by atoms with Crippen LogP contribution in [-0.4, -0.2) is 35.3 Å². The van der Waals surface area contributed by atoms with Crippen molar-refractivity contribution >= 4 is 22.4 Å². The standard InChI is InChI=1S/C12H18N2O3S/c15-11(16)10-8-14-12(18-10)13-6-7-17-9-4-2-1-3-5-9/h8-9H,1-7H2,(H,13,14)(H,15,16). The topological polar surface area (TPSA) is 71.5 Å². The second-order valence-corrected chi connectivity index (χ2v) is 5.42. The van der Waals surface area contributed by atoms with Crippen LogP contribution in [0.4, 0.5) is 5.13 Å². The Morgan fingerprint density at radius 3 is 2.94 bits per heavy atom. The number of carboxylic acid groups (broad SMARTS) is 1. The number of hydrogen-bond acceptors (Lipinski definition) is 5. The minimum atomic E-state index is -0.931. The smallest absolute Gasteiger partial charge is 0.347 e. The van der Waals surface area contributed by atoms with E-state index >= 15 is 0 Å². The number of rotatable bonds is 6. The highest BCUT2D eigenvalue weighted by Crippen LogP contribution is 2.20.